The van der Waals surface area contributed by atoms with Crippen LogP contribution in [-0.2, 0) is 11.3 Å². The Hall–Kier alpha value is -0.860. The maximum absolute atomic E-state index is 10.6. The molecule has 106 valence electrons. The van der Waals surface area contributed by atoms with Crippen LogP contribution in [0.2, 0.25) is 0 Å². The topological polar surface area (TPSA) is 68.0 Å². The normalized spacial score (nSPS) is 10.8. The van der Waals surface area contributed by atoms with Crippen molar-refractivity contribution in [3.63, 3.8) is 0 Å². The molecule has 20 heavy (non-hydrogen) atoms. The van der Waals surface area contributed by atoms with Crippen molar-refractivity contribution in [2.75, 3.05) is 5.75 Å². The van der Waals surface area contributed by atoms with Gasteiger partial charge in [0, 0.05) is 21.1 Å². The molecule has 0 fully saturated rings. The molecule has 1 aromatic heterocycles. The predicted octanol–water partition coefficient (Wildman–Crippen LogP) is 3.67. The summed E-state index contributed by atoms with van der Waals surface area (Å²) >= 11 is 8.08. The van der Waals surface area contributed by atoms with Crippen molar-refractivity contribution in [2.24, 2.45) is 0 Å². The Kier molecular flexibility index (Phi) is 5.22. The zero-order chi connectivity index (χ0) is 14.7. The van der Waals surface area contributed by atoms with Crippen molar-refractivity contribution >= 4 is 49.6 Å². The van der Waals surface area contributed by atoms with E-state index >= 15 is 0 Å². The van der Waals surface area contributed by atoms with E-state index < -0.39 is 5.97 Å². The maximum Gasteiger partial charge on any atom is 0.313 e. The molecule has 1 heterocycles. The van der Waals surface area contributed by atoms with Gasteiger partial charge in [0.05, 0.1) is 5.75 Å². The molecule has 0 amide bonds. The Morgan fingerprint density at radius 1 is 1.40 bits per heavy atom. The van der Waals surface area contributed by atoms with Crippen LogP contribution in [0.25, 0.3) is 11.4 Å². The Bertz CT molecular complexity index is 646. The lowest BCUT2D eigenvalue weighted by molar-refractivity contribution is -0.133. The first kappa shape index (κ1) is 15.5. The van der Waals surface area contributed by atoms with Gasteiger partial charge in [-0.15, -0.1) is 10.2 Å². The molecule has 2 aromatic rings. The average Bonchev–Trinajstić information content (AvgIpc) is 2.79. The molecular weight excluding hydrogens is 410 g/mol. The highest BCUT2D eigenvalue weighted by molar-refractivity contribution is 9.11. The van der Waals surface area contributed by atoms with Gasteiger partial charge in [-0.1, -0.05) is 27.7 Å². The van der Waals surface area contributed by atoms with Crippen LogP contribution in [0.15, 0.2) is 32.3 Å². The highest BCUT2D eigenvalue weighted by Gasteiger charge is 2.16. The van der Waals surface area contributed by atoms with E-state index in [0.29, 0.717) is 11.7 Å². The molecule has 0 saturated carbocycles. The lowest BCUT2D eigenvalue weighted by Crippen LogP contribution is -2.03. The summed E-state index contributed by atoms with van der Waals surface area (Å²) in [6, 6.07) is 5.81. The fraction of sp³-hybridized carbons (Fsp3) is 0.250. The fourth-order valence-electron chi connectivity index (χ4n) is 1.68. The number of aromatic nitrogens is 3. The van der Waals surface area contributed by atoms with Crippen LogP contribution in [0.4, 0.5) is 0 Å². The van der Waals surface area contributed by atoms with E-state index in [-0.39, 0.29) is 5.75 Å². The zero-order valence-corrected chi connectivity index (χ0v) is 14.5. The molecule has 0 saturated heterocycles. The number of thioether (sulfide) groups is 1. The second-order valence-electron chi connectivity index (χ2n) is 3.86. The Morgan fingerprint density at radius 2 is 2.15 bits per heavy atom. The van der Waals surface area contributed by atoms with Crippen LogP contribution in [0.1, 0.15) is 6.92 Å². The van der Waals surface area contributed by atoms with Gasteiger partial charge in [0.25, 0.3) is 0 Å². The molecule has 0 aliphatic heterocycles. The summed E-state index contributed by atoms with van der Waals surface area (Å²) in [5.41, 5.74) is 0.921. The first-order chi connectivity index (χ1) is 9.52. The summed E-state index contributed by atoms with van der Waals surface area (Å²) in [7, 11) is 0. The van der Waals surface area contributed by atoms with E-state index in [0.717, 1.165) is 20.3 Å². The summed E-state index contributed by atoms with van der Waals surface area (Å²) in [4.78, 5) is 10.6. The van der Waals surface area contributed by atoms with Gasteiger partial charge in [0.2, 0.25) is 0 Å². The van der Waals surface area contributed by atoms with Crippen molar-refractivity contribution < 1.29 is 9.90 Å². The standard InChI is InChI=1S/C12H11Br2N3O2S/c1-2-17-11(8-4-3-7(13)5-9(8)14)15-16-12(17)20-6-10(18)19/h3-5H,2,6H2,1H3,(H,18,19). The first-order valence-electron chi connectivity index (χ1n) is 5.76. The second-order valence-corrected chi connectivity index (χ2v) is 6.57. The van der Waals surface area contributed by atoms with Crippen molar-refractivity contribution in [1.29, 1.82) is 0 Å². The molecule has 5 nitrogen and oxygen atoms in total. The largest absolute Gasteiger partial charge is 0.481 e. The van der Waals surface area contributed by atoms with Crippen LogP contribution in [-0.4, -0.2) is 31.6 Å². The van der Waals surface area contributed by atoms with Gasteiger partial charge in [-0.3, -0.25) is 4.79 Å². The van der Waals surface area contributed by atoms with Gasteiger partial charge in [-0.05, 0) is 41.1 Å². The third kappa shape index (κ3) is 3.42. The molecule has 0 aliphatic carbocycles. The molecule has 0 atom stereocenters. The third-order valence-corrected chi connectivity index (χ3v) is 4.63. The lowest BCUT2D eigenvalue weighted by Gasteiger charge is -2.08. The highest BCUT2D eigenvalue weighted by atomic mass is 79.9. The molecule has 1 aromatic carbocycles. The quantitative estimate of drug-likeness (QED) is 0.747. The van der Waals surface area contributed by atoms with E-state index in [2.05, 4.69) is 42.1 Å². The smallest absolute Gasteiger partial charge is 0.313 e. The number of aliphatic carboxylic acids is 1. The monoisotopic (exact) mass is 419 g/mol. The number of carboxylic acid groups (broad SMARTS) is 1. The van der Waals surface area contributed by atoms with E-state index in [1.807, 2.05) is 29.7 Å². The molecule has 0 unspecified atom stereocenters. The van der Waals surface area contributed by atoms with Crippen LogP contribution >= 0.6 is 43.6 Å². The maximum atomic E-state index is 10.6. The van der Waals surface area contributed by atoms with E-state index in [1.165, 1.54) is 11.8 Å². The average molecular weight is 421 g/mol. The van der Waals surface area contributed by atoms with E-state index in [9.17, 15) is 4.79 Å². The molecule has 0 spiro atoms. The van der Waals surface area contributed by atoms with Crippen LogP contribution in [0.5, 0.6) is 0 Å². The van der Waals surface area contributed by atoms with Crippen LogP contribution in [0, 0.1) is 0 Å². The van der Waals surface area contributed by atoms with Gasteiger partial charge in [0.1, 0.15) is 0 Å². The number of benzene rings is 1. The molecule has 1 N–H and O–H groups in total. The minimum atomic E-state index is -0.868. The van der Waals surface area contributed by atoms with Gasteiger partial charge in [0.15, 0.2) is 11.0 Å². The van der Waals surface area contributed by atoms with Crippen LogP contribution in [0.3, 0.4) is 0 Å². The Labute approximate surface area is 137 Å². The lowest BCUT2D eigenvalue weighted by atomic mass is 10.2. The summed E-state index contributed by atoms with van der Waals surface area (Å²) in [5.74, 6) is -0.175. The summed E-state index contributed by atoms with van der Waals surface area (Å²) in [5, 5.41) is 17.6. The van der Waals surface area contributed by atoms with Gasteiger partial charge >= 0.3 is 5.97 Å². The fourth-order valence-corrected chi connectivity index (χ4v) is 3.62. The molecular formula is C12H11Br2N3O2S. The highest BCUT2D eigenvalue weighted by Crippen LogP contribution is 2.31. The SMILES string of the molecule is CCn1c(SCC(=O)O)nnc1-c1ccc(Br)cc1Br. The number of nitrogens with zero attached hydrogens (tertiary/aromatic N) is 3. The van der Waals surface area contributed by atoms with Crippen molar-refractivity contribution in [2.45, 2.75) is 18.6 Å². The van der Waals surface area contributed by atoms with Crippen LogP contribution < -0.4 is 0 Å². The summed E-state index contributed by atoms with van der Waals surface area (Å²) < 4.78 is 3.78. The molecule has 0 aliphatic rings. The number of hydrogen-bond acceptors (Lipinski definition) is 4. The predicted molar refractivity (Wildman–Crippen MR) is 84.9 cm³/mol. The number of carbonyl (C=O) groups is 1. The molecule has 8 heteroatoms. The van der Waals surface area contributed by atoms with Crippen molar-refractivity contribution in [3.05, 3.63) is 27.1 Å². The molecule has 0 radical (unpaired) electrons. The minimum absolute atomic E-state index is 0.0281. The molecule has 2 rings (SSSR count). The minimum Gasteiger partial charge on any atom is -0.481 e. The van der Waals surface area contributed by atoms with Gasteiger partial charge in [-0.25, -0.2) is 0 Å². The zero-order valence-electron chi connectivity index (χ0n) is 10.5. The Morgan fingerprint density at radius 3 is 2.75 bits per heavy atom. The Balaban J connectivity index is 2.39. The second kappa shape index (κ2) is 6.73. The van der Waals surface area contributed by atoms with Crippen molar-refractivity contribution in [1.82, 2.24) is 14.8 Å². The number of halogens is 2. The van der Waals surface area contributed by atoms with E-state index in [4.69, 9.17) is 5.11 Å². The summed E-state index contributed by atoms with van der Waals surface area (Å²) in [6.07, 6.45) is 0. The van der Waals surface area contributed by atoms with E-state index in [1.54, 1.807) is 0 Å². The first-order valence-corrected chi connectivity index (χ1v) is 8.33. The number of hydrogen-bond donors (Lipinski definition) is 1. The molecule has 0 bridgehead atoms. The third-order valence-electron chi connectivity index (χ3n) is 2.53. The number of rotatable bonds is 5. The van der Waals surface area contributed by atoms with Gasteiger partial charge in [-0.2, -0.15) is 0 Å². The number of carboxylic acids is 1. The van der Waals surface area contributed by atoms with Crippen molar-refractivity contribution in [3.8, 4) is 11.4 Å². The van der Waals surface area contributed by atoms with Gasteiger partial charge < -0.3 is 9.67 Å². The summed E-state index contributed by atoms with van der Waals surface area (Å²) in [6.45, 7) is 2.65.